The van der Waals surface area contributed by atoms with E-state index in [0.717, 1.165) is 17.0 Å². The molecule has 1 N–H and O–H groups in total. The molecule has 4 heteroatoms. The average Bonchev–Trinajstić information content (AvgIpc) is 2.23. The highest BCUT2D eigenvalue weighted by Gasteiger charge is 2.09. The summed E-state index contributed by atoms with van der Waals surface area (Å²) >= 11 is 6.03. The summed E-state index contributed by atoms with van der Waals surface area (Å²) in [5, 5.41) is 4.03. The Labute approximate surface area is 102 Å². The molecule has 0 heterocycles. The van der Waals surface area contributed by atoms with Crippen LogP contribution in [0.5, 0.6) is 5.75 Å². The fourth-order valence-corrected chi connectivity index (χ4v) is 1.66. The zero-order valence-electron chi connectivity index (χ0n) is 10.1. The first-order valence-electron chi connectivity index (χ1n) is 5.18. The minimum absolute atomic E-state index is 0.222. The highest BCUT2D eigenvalue weighted by atomic mass is 35.5. The molecular weight excluding hydrogens is 226 g/mol. The van der Waals surface area contributed by atoms with Gasteiger partial charge in [-0.25, -0.2) is 0 Å². The summed E-state index contributed by atoms with van der Waals surface area (Å²) in [6.45, 7) is 4.66. The maximum absolute atomic E-state index is 6.03. The third-order valence-corrected chi connectivity index (χ3v) is 2.71. The molecule has 1 unspecified atom stereocenters. The van der Waals surface area contributed by atoms with Crippen molar-refractivity contribution in [3.8, 4) is 5.75 Å². The van der Waals surface area contributed by atoms with E-state index in [0.29, 0.717) is 11.6 Å². The van der Waals surface area contributed by atoms with Crippen molar-refractivity contribution in [2.24, 2.45) is 0 Å². The number of ether oxygens (including phenoxy) is 2. The molecule has 1 atom stereocenters. The number of rotatable bonds is 5. The van der Waals surface area contributed by atoms with Crippen LogP contribution in [0.15, 0.2) is 12.1 Å². The second kappa shape index (κ2) is 5.97. The summed E-state index contributed by atoms with van der Waals surface area (Å²) in [7, 11) is 3.32. The van der Waals surface area contributed by atoms with Crippen LogP contribution < -0.4 is 10.1 Å². The maximum atomic E-state index is 6.03. The van der Waals surface area contributed by atoms with E-state index in [1.807, 2.05) is 26.0 Å². The van der Waals surface area contributed by atoms with Crippen LogP contribution in [0.25, 0.3) is 0 Å². The van der Waals surface area contributed by atoms with Crippen LogP contribution in [0.3, 0.4) is 0 Å². The van der Waals surface area contributed by atoms with Gasteiger partial charge in [-0.1, -0.05) is 11.6 Å². The van der Waals surface area contributed by atoms with E-state index in [4.69, 9.17) is 21.1 Å². The Hall–Kier alpha value is -0.930. The fraction of sp³-hybridized carbons (Fsp3) is 0.500. The lowest BCUT2D eigenvalue weighted by Crippen LogP contribution is -2.21. The van der Waals surface area contributed by atoms with Crippen molar-refractivity contribution < 1.29 is 9.47 Å². The van der Waals surface area contributed by atoms with Crippen LogP contribution in [0, 0.1) is 6.92 Å². The summed E-state index contributed by atoms with van der Waals surface area (Å²) in [5.74, 6) is 0.749. The third-order valence-electron chi connectivity index (χ3n) is 2.30. The SMILES string of the molecule is COCC(C)Nc1cc(C)c(Cl)cc1OC. The van der Waals surface area contributed by atoms with Gasteiger partial charge in [0.25, 0.3) is 0 Å². The molecule has 0 saturated carbocycles. The van der Waals surface area contributed by atoms with Gasteiger partial charge in [0.2, 0.25) is 0 Å². The molecule has 0 saturated heterocycles. The van der Waals surface area contributed by atoms with E-state index >= 15 is 0 Å². The molecule has 0 fully saturated rings. The minimum Gasteiger partial charge on any atom is -0.495 e. The number of methoxy groups -OCH3 is 2. The number of hydrogen-bond acceptors (Lipinski definition) is 3. The van der Waals surface area contributed by atoms with E-state index < -0.39 is 0 Å². The third kappa shape index (κ3) is 3.29. The Morgan fingerprint density at radius 2 is 2.06 bits per heavy atom. The first-order valence-corrected chi connectivity index (χ1v) is 5.56. The van der Waals surface area contributed by atoms with Gasteiger partial charge in [-0.15, -0.1) is 0 Å². The van der Waals surface area contributed by atoms with Gasteiger partial charge in [-0.3, -0.25) is 0 Å². The summed E-state index contributed by atoms with van der Waals surface area (Å²) in [4.78, 5) is 0. The fourth-order valence-electron chi connectivity index (χ4n) is 1.50. The predicted octanol–water partition coefficient (Wildman–Crippen LogP) is 3.10. The van der Waals surface area contributed by atoms with Gasteiger partial charge < -0.3 is 14.8 Å². The molecule has 0 bridgehead atoms. The Morgan fingerprint density at radius 1 is 1.38 bits per heavy atom. The lowest BCUT2D eigenvalue weighted by Gasteiger charge is -2.17. The predicted molar refractivity (Wildman–Crippen MR) is 67.7 cm³/mol. The number of aryl methyl sites for hydroxylation is 1. The number of nitrogens with one attached hydrogen (secondary N) is 1. The van der Waals surface area contributed by atoms with E-state index in [1.165, 1.54) is 0 Å². The lowest BCUT2D eigenvalue weighted by molar-refractivity contribution is 0.190. The van der Waals surface area contributed by atoms with Gasteiger partial charge in [-0.2, -0.15) is 0 Å². The van der Waals surface area contributed by atoms with Gasteiger partial charge in [0.05, 0.1) is 19.4 Å². The van der Waals surface area contributed by atoms with Gasteiger partial charge >= 0.3 is 0 Å². The Bertz CT molecular complexity index is 355. The highest BCUT2D eigenvalue weighted by molar-refractivity contribution is 6.31. The Morgan fingerprint density at radius 3 is 2.62 bits per heavy atom. The zero-order chi connectivity index (χ0) is 12.1. The summed E-state index contributed by atoms with van der Waals surface area (Å²) in [5.41, 5.74) is 1.96. The van der Waals surface area contributed by atoms with Crippen molar-refractivity contribution in [2.75, 3.05) is 26.1 Å². The topological polar surface area (TPSA) is 30.5 Å². The number of halogens is 1. The zero-order valence-corrected chi connectivity index (χ0v) is 10.9. The standard InChI is InChI=1S/C12H18ClNO2/c1-8-5-11(14-9(2)7-15-3)12(16-4)6-10(8)13/h5-6,9,14H,7H2,1-4H3. The van der Waals surface area contributed by atoms with Gasteiger partial charge in [-0.05, 0) is 25.5 Å². The van der Waals surface area contributed by atoms with Crippen molar-refractivity contribution >= 4 is 17.3 Å². The summed E-state index contributed by atoms with van der Waals surface area (Å²) in [6, 6.07) is 4.02. The van der Waals surface area contributed by atoms with E-state index in [-0.39, 0.29) is 6.04 Å². The number of anilines is 1. The summed E-state index contributed by atoms with van der Waals surface area (Å²) < 4.78 is 10.3. The maximum Gasteiger partial charge on any atom is 0.143 e. The van der Waals surface area contributed by atoms with Crippen molar-refractivity contribution in [1.29, 1.82) is 0 Å². The van der Waals surface area contributed by atoms with Crippen LogP contribution in [0.1, 0.15) is 12.5 Å². The van der Waals surface area contributed by atoms with Crippen molar-refractivity contribution in [1.82, 2.24) is 0 Å². The molecule has 0 radical (unpaired) electrons. The highest BCUT2D eigenvalue weighted by Crippen LogP contribution is 2.31. The van der Waals surface area contributed by atoms with Crippen LogP contribution in [0.2, 0.25) is 5.02 Å². The minimum atomic E-state index is 0.222. The van der Waals surface area contributed by atoms with Crippen LogP contribution in [0.4, 0.5) is 5.69 Å². The van der Waals surface area contributed by atoms with Gasteiger partial charge in [0, 0.05) is 24.2 Å². The molecular formula is C12H18ClNO2. The molecule has 16 heavy (non-hydrogen) atoms. The molecule has 0 spiro atoms. The normalized spacial score (nSPS) is 12.3. The van der Waals surface area contributed by atoms with Crippen molar-refractivity contribution in [3.05, 3.63) is 22.7 Å². The molecule has 0 aromatic heterocycles. The largest absolute Gasteiger partial charge is 0.495 e. The van der Waals surface area contributed by atoms with Crippen molar-refractivity contribution in [2.45, 2.75) is 19.9 Å². The first kappa shape index (κ1) is 13.1. The molecule has 3 nitrogen and oxygen atoms in total. The quantitative estimate of drug-likeness (QED) is 0.862. The van der Waals surface area contributed by atoms with Gasteiger partial charge in [0.1, 0.15) is 5.75 Å². The second-order valence-electron chi connectivity index (χ2n) is 3.80. The number of benzene rings is 1. The van der Waals surface area contributed by atoms with Crippen molar-refractivity contribution in [3.63, 3.8) is 0 Å². The molecule has 0 aliphatic heterocycles. The van der Waals surface area contributed by atoms with Crippen LogP contribution in [-0.4, -0.2) is 26.9 Å². The molecule has 90 valence electrons. The number of hydrogen-bond donors (Lipinski definition) is 1. The van der Waals surface area contributed by atoms with E-state index in [1.54, 1.807) is 14.2 Å². The lowest BCUT2D eigenvalue weighted by atomic mass is 10.2. The summed E-state index contributed by atoms with van der Waals surface area (Å²) in [6.07, 6.45) is 0. The molecule has 0 aliphatic carbocycles. The Kier molecular flexibility index (Phi) is 4.90. The molecule has 0 aliphatic rings. The van der Waals surface area contributed by atoms with Crippen LogP contribution in [-0.2, 0) is 4.74 Å². The van der Waals surface area contributed by atoms with Crippen LogP contribution >= 0.6 is 11.6 Å². The molecule has 1 aromatic carbocycles. The Balaban J connectivity index is 2.89. The average molecular weight is 244 g/mol. The molecule has 0 amide bonds. The second-order valence-corrected chi connectivity index (χ2v) is 4.21. The monoisotopic (exact) mass is 243 g/mol. The smallest absolute Gasteiger partial charge is 0.143 e. The van der Waals surface area contributed by atoms with E-state index in [2.05, 4.69) is 5.32 Å². The molecule has 1 rings (SSSR count). The molecule has 1 aromatic rings. The van der Waals surface area contributed by atoms with E-state index in [9.17, 15) is 0 Å². The first-order chi connectivity index (χ1) is 7.58. The van der Waals surface area contributed by atoms with Gasteiger partial charge in [0.15, 0.2) is 0 Å².